The zero-order valence-electron chi connectivity index (χ0n) is 9.04. The lowest BCUT2D eigenvalue weighted by Crippen LogP contribution is -2.03. The number of hydrogen-bond donors (Lipinski definition) is 1. The van der Waals surface area contributed by atoms with E-state index < -0.39 is 0 Å². The van der Waals surface area contributed by atoms with Gasteiger partial charge in [0.1, 0.15) is 11.4 Å². The van der Waals surface area contributed by atoms with Gasteiger partial charge in [0.25, 0.3) is 0 Å². The molecule has 0 bridgehead atoms. The van der Waals surface area contributed by atoms with Crippen molar-refractivity contribution in [1.29, 1.82) is 0 Å². The lowest BCUT2D eigenvalue weighted by atomic mass is 10.2. The summed E-state index contributed by atoms with van der Waals surface area (Å²) in [6, 6.07) is 9.17. The highest BCUT2D eigenvalue weighted by Gasteiger charge is 2.08. The number of thioether (sulfide) groups is 1. The number of rotatable bonds is 4. The SMILES string of the molecule is Nc1cncnc1SCC(=O)c1ccccc1. The van der Waals surface area contributed by atoms with Gasteiger partial charge in [0, 0.05) is 5.56 Å². The molecule has 0 spiro atoms. The van der Waals surface area contributed by atoms with Crippen LogP contribution < -0.4 is 5.73 Å². The maximum Gasteiger partial charge on any atom is 0.173 e. The molecule has 0 aliphatic carbocycles. The number of hydrogen-bond acceptors (Lipinski definition) is 5. The van der Waals surface area contributed by atoms with Gasteiger partial charge in [0.2, 0.25) is 0 Å². The van der Waals surface area contributed by atoms with Gasteiger partial charge in [-0.2, -0.15) is 0 Å². The predicted octanol–water partition coefficient (Wildman–Crippen LogP) is 2.03. The summed E-state index contributed by atoms with van der Waals surface area (Å²) in [6.07, 6.45) is 2.95. The Bertz CT molecular complexity index is 516. The van der Waals surface area contributed by atoms with Gasteiger partial charge in [-0.05, 0) is 0 Å². The van der Waals surface area contributed by atoms with Crippen LogP contribution >= 0.6 is 11.8 Å². The number of carbonyl (C=O) groups is 1. The van der Waals surface area contributed by atoms with Gasteiger partial charge in [-0.3, -0.25) is 4.79 Å². The Kier molecular flexibility index (Phi) is 3.72. The van der Waals surface area contributed by atoms with Crippen molar-refractivity contribution in [3.63, 3.8) is 0 Å². The first-order chi connectivity index (χ1) is 8.27. The van der Waals surface area contributed by atoms with Crippen molar-refractivity contribution < 1.29 is 4.79 Å². The fourth-order valence-corrected chi connectivity index (χ4v) is 2.07. The summed E-state index contributed by atoms with van der Waals surface area (Å²) < 4.78 is 0. The van der Waals surface area contributed by atoms with Crippen molar-refractivity contribution in [2.24, 2.45) is 0 Å². The first-order valence-corrected chi connectivity index (χ1v) is 6.02. The summed E-state index contributed by atoms with van der Waals surface area (Å²) in [6.45, 7) is 0. The van der Waals surface area contributed by atoms with Crippen LogP contribution in [0.5, 0.6) is 0 Å². The minimum Gasteiger partial charge on any atom is -0.395 e. The minimum atomic E-state index is 0.0635. The van der Waals surface area contributed by atoms with Gasteiger partial charge in [-0.25, -0.2) is 9.97 Å². The molecule has 1 aromatic heterocycles. The Hall–Kier alpha value is -1.88. The average molecular weight is 245 g/mol. The predicted molar refractivity (Wildman–Crippen MR) is 67.9 cm³/mol. The normalized spacial score (nSPS) is 10.1. The lowest BCUT2D eigenvalue weighted by Gasteiger charge is -2.02. The molecule has 2 N–H and O–H groups in total. The van der Waals surface area contributed by atoms with Crippen molar-refractivity contribution in [3.05, 3.63) is 48.4 Å². The lowest BCUT2D eigenvalue weighted by molar-refractivity contribution is 0.102. The molecule has 0 aliphatic heterocycles. The molecule has 4 nitrogen and oxygen atoms in total. The zero-order chi connectivity index (χ0) is 12.1. The van der Waals surface area contributed by atoms with Crippen LogP contribution in [0.2, 0.25) is 0 Å². The topological polar surface area (TPSA) is 68.9 Å². The number of nitrogens with two attached hydrogens (primary N) is 1. The van der Waals surface area contributed by atoms with Crippen LogP contribution in [0, 0.1) is 0 Å². The number of nitrogen functional groups attached to an aromatic ring is 1. The van der Waals surface area contributed by atoms with E-state index in [0.717, 1.165) is 0 Å². The molecule has 0 aliphatic rings. The third-order valence-corrected chi connectivity index (χ3v) is 3.16. The second-order valence-electron chi connectivity index (χ2n) is 3.36. The van der Waals surface area contributed by atoms with E-state index in [-0.39, 0.29) is 5.78 Å². The highest BCUT2D eigenvalue weighted by Crippen LogP contribution is 2.21. The molecule has 0 amide bonds. The van der Waals surface area contributed by atoms with Crippen molar-refractivity contribution in [2.45, 2.75) is 5.03 Å². The summed E-state index contributed by atoms with van der Waals surface area (Å²) >= 11 is 1.32. The standard InChI is InChI=1S/C12H11N3OS/c13-10-6-14-8-15-12(10)17-7-11(16)9-4-2-1-3-5-9/h1-6,8H,7,13H2. The van der Waals surface area contributed by atoms with Crippen molar-refractivity contribution in [3.8, 4) is 0 Å². The van der Waals surface area contributed by atoms with Crippen LogP contribution in [0.3, 0.4) is 0 Å². The third kappa shape index (κ3) is 3.04. The molecule has 17 heavy (non-hydrogen) atoms. The maximum atomic E-state index is 11.8. The van der Waals surface area contributed by atoms with E-state index in [1.807, 2.05) is 18.2 Å². The zero-order valence-corrected chi connectivity index (χ0v) is 9.85. The number of Topliss-reactive ketones (excluding diaryl/α,β-unsaturated/α-hetero) is 1. The fourth-order valence-electron chi connectivity index (χ4n) is 1.29. The first-order valence-electron chi connectivity index (χ1n) is 5.04. The first kappa shape index (κ1) is 11.6. The molecular weight excluding hydrogens is 234 g/mol. The minimum absolute atomic E-state index is 0.0635. The van der Waals surface area contributed by atoms with Crippen LogP contribution in [0.4, 0.5) is 5.69 Å². The Morgan fingerprint density at radius 1 is 1.29 bits per heavy atom. The average Bonchev–Trinajstić information content (AvgIpc) is 2.38. The van der Waals surface area contributed by atoms with Crippen molar-refractivity contribution in [2.75, 3.05) is 11.5 Å². The molecule has 5 heteroatoms. The van der Waals surface area contributed by atoms with Crippen molar-refractivity contribution in [1.82, 2.24) is 9.97 Å². The van der Waals surface area contributed by atoms with E-state index in [0.29, 0.717) is 22.0 Å². The Morgan fingerprint density at radius 2 is 2.06 bits per heavy atom. The van der Waals surface area contributed by atoms with Crippen LogP contribution in [0.25, 0.3) is 0 Å². The highest BCUT2D eigenvalue weighted by molar-refractivity contribution is 8.00. The fraction of sp³-hybridized carbons (Fsp3) is 0.0833. The molecule has 86 valence electrons. The summed E-state index contributed by atoms with van der Waals surface area (Å²) in [4.78, 5) is 19.6. The summed E-state index contributed by atoms with van der Waals surface area (Å²) in [5.41, 5.74) is 6.89. The van der Waals surface area contributed by atoms with Gasteiger partial charge in [0.05, 0.1) is 17.6 Å². The van der Waals surface area contributed by atoms with Gasteiger partial charge >= 0.3 is 0 Å². The monoisotopic (exact) mass is 245 g/mol. The molecule has 0 unspecified atom stereocenters. The Labute approximate surface area is 103 Å². The molecule has 1 heterocycles. The molecule has 2 rings (SSSR count). The quantitative estimate of drug-likeness (QED) is 0.507. The molecular formula is C12H11N3OS. The molecule has 0 atom stereocenters. The number of ketones is 1. The Balaban J connectivity index is 2.00. The van der Waals surface area contributed by atoms with E-state index in [4.69, 9.17) is 5.73 Å². The second-order valence-corrected chi connectivity index (χ2v) is 4.33. The van der Waals surface area contributed by atoms with Gasteiger partial charge < -0.3 is 5.73 Å². The second kappa shape index (κ2) is 5.45. The molecule has 1 aromatic carbocycles. The van der Waals surface area contributed by atoms with E-state index in [1.165, 1.54) is 24.3 Å². The number of aromatic nitrogens is 2. The Morgan fingerprint density at radius 3 is 2.76 bits per heavy atom. The van der Waals surface area contributed by atoms with E-state index in [1.54, 1.807) is 12.1 Å². The van der Waals surface area contributed by atoms with Crippen molar-refractivity contribution >= 4 is 23.2 Å². The van der Waals surface area contributed by atoms with Crippen LogP contribution in [0.15, 0.2) is 47.9 Å². The number of carbonyl (C=O) groups excluding carboxylic acids is 1. The maximum absolute atomic E-state index is 11.8. The molecule has 0 radical (unpaired) electrons. The molecule has 0 saturated heterocycles. The smallest absolute Gasteiger partial charge is 0.173 e. The van der Waals surface area contributed by atoms with Crippen LogP contribution in [0.1, 0.15) is 10.4 Å². The van der Waals surface area contributed by atoms with Crippen LogP contribution in [-0.4, -0.2) is 21.5 Å². The number of benzene rings is 1. The van der Waals surface area contributed by atoms with E-state index in [9.17, 15) is 4.79 Å². The number of anilines is 1. The summed E-state index contributed by atoms with van der Waals surface area (Å²) in [5, 5.41) is 0.643. The molecule has 0 fully saturated rings. The van der Waals surface area contributed by atoms with Crippen LogP contribution in [-0.2, 0) is 0 Å². The highest BCUT2D eigenvalue weighted by atomic mass is 32.2. The van der Waals surface area contributed by atoms with E-state index >= 15 is 0 Å². The van der Waals surface area contributed by atoms with Gasteiger partial charge in [-0.1, -0.05) is 42.1 Å². The van der Waals surface area contributed by atoms with E-state index in [2.05, 4.69) is 9.97 Å². The largest absolute Gasteiger partial charge is 0.395 e. The third-order valence-electron chi connectivity index (χ3n) is 2.14. The molecule has 0 saturated carbocycles. The van der Waals surface area contributed by atoms with Gasteiger partial charge in [-0.15, -0.1) is 0 Å². The number of nitrogens with zero attached hydrogens (tertiary/aromatic N) is 2. The summed E-state index contributed by atoms with van der Waals surface area (Å²) in [7, 11) is 0. The molecule has 2 aromatic rings. The van der Waals surface area contributed by atoms with Gasteiger partial charge in [0.15, 0.2) is 5.78 Å². The summed E-state index contributed by atoms with van der Waals surface area (Å²) in [5.74, 6) is 0.388.